The molecule has 1 rings (SSSR count). The molecule has 0 bridgehead atoms. The van der Waals surface area contributed by atoms with Crippen LogP contribution in [0.25, 0.3) is 4.98 Å². The van der Waals surface area contributed by atoms with Crippen LogP contribution in [0.2, 0.25) is 0 Å². The molecule has 2 N–H and O–H groups in total. The van der Waals surface area contributed by atoms with Crippen LogP contribution in [0.4, 0.5) is 0 Å². The summed E-state index contributed by atoms with van der Waals surface area (Å²) in [6.07, 6.45) is 4.24. The van der Waals surface area contributed by atoms with E-state index in [2.05, 4.69) is 4.98 Å². The van der Waals surface area contributed by atoms with Crippen LogP contribution in [0, 0.1) is 5.39 Å². The van der Waals surface area contributed by atoms with Crippen molar-refractivity contribution in [2.24, 2.45) is 5.73 Å². The number of halogens is 1. The number of methoxy groups -OCH3 is 1. The molecule has 0 aromatic rings. The monoisotopic (exact) mass is 186 g/mol. The highest BCUT2D eigenvalue weighted by molar-refractivity contribution is 6.31. The molecule has 0 saturated carbocycles. The van der Waals surface area contributed by atoms with Gasteiger partial charge in [-0.05, 0) is 12.2 Å². The van der Waals surface area contributed by atoms with E-state index in [1.165, 1.54) is 13.2 Å². The maximum Gasteiger partial charge on any atom is 0.424 e. The van der Waals surface area contributed by atoms with Crippen LogP contribution >= 0.6 is 11.6 Å². The Balaban J connectivity index is 2.99. The highest BCUT2D eigenvalue weighted by Crippen LogP contribution is 2.24. The number of hydrogen-bond acceptors (Lipinski definition) is 3. The molecule has 5 heteroatoms. The minimum atomic E-state index is -1.26. The summed E-state index contributed by atoms with van der Waals surface area (Å²) in [7, 11) is 1.48. The van der Waals surface area contributed by atoms with Gasteiger partial charge in [0.05, 0.1) is 0 Å². The van der Waals surface area contributed by atoms with E-state index in [1.54, 1.807) is 12.2 Å². The van der Waals surface area contributed by atoms with E-state index in [-0.39, 0.29) is 0 Å². The van der Waals surface area contributed by atoms with Crippen molar-refractivity contribution in [3.8, 4) is 0 Å². The van der Waals surface area contributed by atoms with Gasteiger partial charge in [-0.1, -0.05) is 11.6 Å². The molecule has 0 radical (unpaired) electrons. The third-order valence-corrected chi connectivity index (χ3v) is 1.92. The predicted octanol–water partition coefficient (Wildman–Crippen LogP) is 1.20. The van der Waals surface area contributed by atoms with Crippen LogP contribution in [0.1, 0.15) is 0 Å². The van der Waals surface area contributed by atoms with Crippen molar-refractivity contribution in [1.82, 2.24) is 0 Å². The van der Waals surface area contributed by atoms with Gasteiger partial charge in [-0.3, -0.25) is 0 Å². The summed E-state index contributed by atoms with van der Waals surface area (Å²) in [5.74, 6) is 0. The van der Waals surface area contributed by atoms with E-state index in [1.807, 2.05) is 0 Å². The standard InChI is InChI=1S/C7H9ClN3O/c1-12-6-3-2-5(8)4-7(6,9)11-10/h2-4,6H,9H2,1H3/q+1. The lowest BCUT2D eigenvalue weighted by molar-refractivity contribution is 0.105. The van der Waals surface area contributed by atoms with Gasteiger partial charge in [-0.15, -0.1) is 0 Å². The predicted molar refractivity (Wildman–Crippen MR) is 45.9 cm³/mol. The van der Waals surface area contributed by atoms with Gasteiger partial charge in [0.15, 0.2) is 6.10 Å². The zero-order valence-electron chi connectivity index (χ0n) is 6.57. The zero-order chi connectivity index (χ0) is 9.19. The van der Waals surface area contributed by atoms with Gasteiger partial charge in [-0.2, -0.15) is 0 Å². The first-order valence-corrected chi connectivity index (χ1v) is 3.74. The summed E-state index contributed by atoms with van der Waals surface area (Å²) in [5, 5.41) is 9.09. The molecule has 0 saturated heterocycles. The molecule has 1 aliphatic carbocycles. The lowest BCUT2D eigenvalue weighted by atomic mass is 10.00. The summed E-state index contributed by atoms with van der Waals surface area (Å²) in [6.45, 7) is 0. The first-order valence-electron chi connectivity index (χ1n) is 3.37. The lowest BCUT2D eigenvalue weighted by Gasteiger charge is -2.17. The Morgan fingerprint density at radius 1 is 1.83 bits per heavy atom. The largest absolute Gasteiger partial charge is 0.424 e. The fourth-order valence-electron chi connectivity index (χ4n) is 1.04. The number of diazo groups is 1. The van der Waals surface area contributed by atoms with Crippen LogP contribution < -0.4 is 5.73 Å². The van der Waals surface area contributed by atoms with Crippen molar-refractivity contribution in [1.29, 1.82) is 5.39 Å². The van der Waals surface area contributed by atoms with Crippen LogP contribution in [-0.2, 0) is 4.74 Å². The Labute approximate surface area is 75.3 Å². The third-order valence-electron chi connectivity index (χ3n) is 1.68. The average molecular weight is 187 g/mol. The normalized spacial score (nSPS) is 34.2. The Kier molecular flexibility index (Phi) is 2.48. The Bertz CT molecular complexity index is 281. The molecule has 0 spiro atoms. The number of nitrogens with two attached hydrogens (primary N) is 1. The molecule has 0 heterocycles. The van der Waals surface area contributed by atoms with Gasteiger partial charge < -0.3 is 4.74 Å². The summed E-state index contributed by atoms with van der Waals surface area (Å²) < 4.78 is 4.98. The second kappa shape index (κ2) is 3.23. The van der Waals surface area contributed by atoms with Gasteiger partial charge in [-0.25, -0.2) is 5.73 Å². The van der Waals surface area contributed by atoms with Gasteiger partial charge in [0.25, 0.3) is 0 Å². The lowest BCUT2D eigenvalue weighted by Crippen LogP contribution is -2.47. The minimum absolute atomic E-state index is 0.434. The summed E-state index contributed by atoms with van der Waals surface area (Å²) in [6, 6.07) is 0. The molecule has 2 unspecified atom stereocenters. The molecule has 12 heavy (non-hydrogen) atoms. The van der Waals surface area contributed by atoms with Crippen molar-refractivity contribution in [3.63, 3.8) is 0 Å². The molecule has 0 aromatic carbocycles. The fourth-order valence-corrected chi connectivity index (χ4v) is 1.29. The van der Waals surface area contributed by atoms with E-state index in [4.69, 9.17) is 27.5 Å². The fraction of sp³-hybridized carbons (Fsp3) is 0.429. The smallest absolute Gasteiger partial charge is 0.367 e. The van der Waals surface area contributed by atoms with E-state index in [0.717, 1.165) is 0 Å². The molecular weight excluding hydrogens is 178 g/mol. The van der Waals surface area contributed by atoms with E-state index < -0.39 is 11.8 Å². The van der Waals surface area contributed by atoms with Crippen LogP contribution in [0.3, 0.4) is 0 Å². The molecule has 0 amide bonds. The molecule has 64 valence electrons. The van der Waals surface area contributed by atoms with Crippen molar-refractivity contribution >= 4 is 11.6 Å². The topological polar surface area (TPSA) is 63.4 Å². The molecule has 2 atom stereocenters. The average Bonchev–Trinajstić information content (AvgIpc) is 2.05. The molecule has 0 aliphatic heterocycles. The van der Waals surface area contributed by atoms with Gasteiger partial charge in [0.1, 0.15) is 4.98 Å². The van der Waals surface area contributed by atoms with Crippen LogP contribution in [0.15, 0.2) is 23.3 Å². The van der Waals surface area contributed by atoms with Crippen molar-refractivity contribution in [2.45, 2.75) is 11.8 Å². The minimum Gasteiger partial charge on any atom is -0.367 e. The second-order valence-electron chi connectivity index (χ2n) is 2.53. The van der Waals surface area contributed by atoms with Crippen molar-refractivity contribution in [3.05, 3.63) is 28.2 Å². The van der Waals surface area contributed by atoms with Gasteiger partial charge >= 0.3 is 5.66 Å². The summed E-state index contributed by atoms with van der Waals surface area (Å²) in [5.41, 5.74) is 4.39. The van der Waals surface area contributed by atoms with Crippen molar-refractivity contribution < 1.29 is 4.74 Å². The molecule has 4 nitrogen and oxygen atoms in total. The van der Waals surface area contributed by atoms with Crippen molar-refractivity contribution in [2.75, 3.05) is 7.11 Å². The molecular formula is C7H9ClN3O+. The quantitative estimate of drug-likeness (QED) is 0.626. The van der Waals surface area contributed by atoms with E-state index >= 15 is 0 Å². The number of ether oxygens (including phenoxy) is 1. The van der Waals surface area contributed by atoms with E-state index in [0.29, 0.717) is 5.03 Å². The summed E-state index contributed by atoms with van der Waals surface area (Å²) >= 11 is 5.67. The van der Waals surface area contributed by atoms with E-state index in [9.17, 15) is 0 Å². The number of allylic oxidation sites excluding steroid dienone is 2. The SMILES string of the molecule is COC1C=CC(Cl)=CC1(N)[N+]#N. The van der Waals surface area contributed by atoms with Crippen LogP contribution in [0.5, 0.6) is 0 Å². The highest BCUT2D eigenvalue weighted by atomic mass is 35.5. The van der Waals surface area contributed by atoms with Gasteiger partial charge in [0, 0.05) is 18.2 Å². The molecule has 0 aromatic heterocycles. The first-order chi connectivity index (χ1) is 5.62. The Hall–Kier alpha value is -0.890. The maximum atomic E-state index is 8.65. The first kappa shape index (κ1) is 9.20. The zero-order valence-corrected chi connectivity index (χ0v) is 7.32. The second-order valence-corrected chi connectivity index (χ2v) is 2.97. The molecule has 1 aliphatic rings. The number of hydrogen-bond donors (Lipinski definition) is 1. The number of nitrogens with zero attached hydrogens (tertiary/aromatic N) is 2. The van der Waals surface area contributed by atoms with Gasteiger partial charge in [0.2, 0.25) is 5.39 Å². The molecule has 0 fully saturated rings. The Morgan fingerprint density at radius 2 is 2.50 bits per heavy atom. The summed E-state index contributed by atoms with van der Waals surface area (Å²) in [4.78, 5) is 3.02. The third kappa shape index (κ3) is 1.48. The maximum absolute atomic E-state index is 8.65. The van der Waals surface area contributed by atoms with Crippen LogP contribution in [-0.4, -0.2) is 18.9 Å². The number of rotatable bonds is 1. The Morgan fingerprint density at radius 3 is 3.00 bits per heavy atom. The highest BCUT2D eigenvalue weighted by Gasteiger charge is 2.47.